The van der Waals surface area contributed by atoms with E-state index in [1.54, 1.807) is 24.7 Å². The molecule has 1 aromatic heterocycles. The Morgan fingerprint density at radius 2 is 1.93 bits per heavy atom. The van der Waals surface area contributed by atoms with Crippen LogP contribution in [0.15, 0.2) is 42.7 Å². The highest BCUT2D eigenvalue weighted by molar-refractivity contribution is 7.17. The first kappa shape index (κ1) is 20.4. The third kappa shape index (κ3) is 4.54. The summed E-state index contributed by atoms with van der Waals surface area (Å²) in [5.41, 5.74) is 4.36. The molecule has 3 aromatic rings. The van der Waals surface area contributed by atoms with Gasteiger partial charge in [-0.1, -0.05) is 48.1 Å². The zero-order valence-electron chi connectivity index (χ0n) is 16.4. The Bertz CT molecular complexity index is 982. The summed E-state index contributed by atoms with van der Waals surface area (Å²) in [5, 5.41) is 11.1. The fourth-order valence-electron chi connectivity index (χ4n) is 2.93. The Kier molecular flexibility index (Phi) is 6.70. The predicted octanol–water partition coefficient (Wildman–Crippen LogP) is 6.49. The molecule has 28 heavy (non-hydrogen) atoms. The van der Waals surface area contributed by atoms with Crippen molar-refractivity contribution in [2.75, 3.05) is 7.11 Å². The van der Waals surface area contributed by atoms with E-state index in [-0.39, 0.29) is 6.10 Å². The number of ether oxygens (including phenoxy) is 2. The summed E-state index contributed by atoms with van der Waals surface area (Å²) in [6, 6.07) is 11.9. The normalized spacial score (nSPS) is 11.4. The van der Waals surface area contributed by atoms with Gasteiger partial charge in [0.05, 0.1) is 24.5 Å². The maximum absolute atomic E-state index is 6.38. The van der Waals surface area contributed by atoms with Crippen molar-refractivity contribution in [3.63, 3.8) is 0 Å². The molecule has 0 spiro atoms. The number of rotatable bonds is 7. The van der Waals surface area contributed by atoms with Crippen LogP contribution in [-0.4, -0.2) is 23.4 Å². The van der Waals surface area contributed by atoms with Gasteiger partial charge in [-0.2, -0.15) is 0 Å². The molecular weight excluding hydrogens is 392 g/mol. The summed E-state index contributed by atoms with van der Waals surface area (Å²) in [5.74, 6) is 0.677. The Labute approximate surface area is 174 Å². The topological polar surface area (TPSA) is 44.2 Å². The molecule has 3 rings (SSSR count). The first-order valence-electron chi connectivity index (χ1n) is 9.15. The molecule has 1 heterocycles. The molecule has 6 heteroatoms. The predicted molar refractivity (Wildman–Crippen MR) is 117 cm³/mol. The van der Waals surface area contributed by atoms with Crippen molar-refractivity contribution >= 4 is 29.0 Å². The highest BCUT2D eigenvalue weighted by Gasteiger charge is 2.14. The molecule has 0 amide bonds. The third-order valence-electron chi connectivity index (χ3n) is 4.15. The number of hydrogen-bond donors (Lipinski definition) is 0. The average molecular weight is 415 g/mol. The molecule has 2 aromatic carbocycles. The molecule has 0 saturated carbocycles. The minimum atomic E-state index is 0.0726. The second-order valence-corrected chi connectivity index (χ2v) is 7.87. The van der Waals surface area contributed by atoms with Crippen LogP contribution in [0, 0.1) is 0 Å². The van der Waals surface area contributed by atoms with E-state index in [9.17, 15) is 0 Å². The summed E-state index contributed by atoms with van der Waals surface area (Å²) in [4.78, 5) is 0. The number of benzene rings is 2. The maximum Gasteiger partial charge on any atom is 0.148 e. The average Bonchev–Trinajstić information content (AvgIpc) is 3.17. The van der Waals surface area contributed by atoms with E-state index in [1.807, 2.05) is 44.2 Å². The highest BCUT2D eigenvalue weighted by Crippen LogP contribution is 2.36. The molecule has 0 aliphatic carbocycles. The number of aromatic nitrogens is 2. The molecule has 0 atom stereocenters. The number of hydrogen-bond acceptors (Lipinski definition) is 5. The van der Waals surface area contributed by atoms with Crippen LogP contribution >= 0.6 is 22.9 Å². The van der Waals surface area contributed by atoms with Gasteiger partial charge in [0, 0.05) is 11.1 Å². The lowest BCUT2D eigenvalue weighted by Crippen LogP contribution is -2.05. The van der Waals surface area contributed by atoms with Gasteiger partial charge in [0.25, 0.3) is 0 Å². The van der Waals surface area contributed by atoms with Crippen molar-refractivity contribution < 1.29 is 9.47 Å². The van der Waals surface area contributed by atoms with Crippen molar-refractivity contribution in [3.05, 3.63) is 58.8 Å². The molecular formula is C22H23ClN2O2S. The van der Waals surface area contributed by atoms with Crippen LogP contribution in [0.3, 0.4) is 0 Å². The molecule has 146 valence electrons. The van der Waals surface area contributed by atoms with Gasteiger partial charge in [0.2, 0.25) is 0 Å². The molecule has 0 bridgehead atoms. The summed E-state index contributed by atoms with van der Waals surface area (Å²) >= 11 is 7.93. The Balaban J connectivity index is 1.95. The van der Waals surface area contributed by atoms with Crippen LogP contribution in [0.5, 0.6) is 5.75 Å². The lowest BCUT2D eigenvalue weighted by atomic mass is 9.99. The van der Waals surface area contributed by atoms with Gasteiger partial charge in [-0.05, 0) is 55.7 Å². The van der Waals surface area contributed by atoms with E-state index >= 15 is 0 Å². The molecule has 0 N–H and O–H groups in total. The second kappa shape index (κ2) is 9.22. The van der Waals surface area contributed by atoms with E-state index in [0.717, 1.165) is 33.1 Å². The number of halogens is 1. The lowest BCUT2D eigenvalue weighted by molar-refractivity contribution is 0.242. The van der Waals surface area contributed by atoms with Crippen molar-refractivity contribution in [2.24, 2.45) is 0 Å². The molecule has 4 nitrogen and oxygen atoms in total. The number of nitrogens with zero attached hydrogens (tertiary/aromatic N) is 2. The van der Waals surface area contributed by atoms with E-state index in [2.05, 4.69) is 29.3 Å². The fraction of sp³-hybridized carbons (Fsp3) is 0.273. The van der Waals surface area contributed by atoms with Gasteiger partial charge in [0.15, 0.2) is 0 Å². The smallest absolute Gasteiger partial charge is 0.148 e. The molecule has 0 aliphatic rings. The van der Waals surface area contributed by atoms with Crippen LogP contribution in [0.25, 0.3) is 27.2 Å². The fourth-order valence-corrected chi connectivity index (χ4v) is 4.05. The quantitative estimate of drug-likeness (QED) is 0.414. The van der Waals surface area contributed by atoms with E-state index < -0.39 is 0 Å². The zero-order chi connectivity index (χ0) is 20.1. The largest absolute Gasteiger partial charge is 0.504 e. The van der Waals surface area contributed by atoms with Gasteiger partial charge in [-0.15, -0.1) is 10.2 Å². The van der Waals surface area contributed by atoms with E-state index in [4.69, 9.17) is 21.1 Å². The summed E-state index contributed by atoms with van der Waals surface area (Å²) in [7, 11) is 1.64. The van der Waals surface area contributed by atoms with Crippen LogP contribution < -0.4 is 4.74 Å². The summed E-state index contributed by atoms with van der Waals surface area (Å²) in [6.07, 6.45) is 4.62. The van der Waals surface area contributed by atoms with E-state index in [1.165, 1.54) is 5.56 Å². The number of methoxy groups -OCH3 is 1. The van der Waals surface area contributed by atoms with Gasteiger partial charge >= 0.3 is 0 Å². The van der Waals surface area contributed by atoms with Crippen molar-refractivity contribution in [3.8, 4) is 26.9 Å². The Hall–Kier alpha value is -2.37. The van der Waals surface area contributed by atoms with Gasteiger partial charge in [-0.3, -0.25) is 0 Å². The zero-order valence-corrected chi connectivity index (χ0v) is 18.0. The van der Waals surface area contributed by atoms with Crippen molar-refractivity contribution in [1.29, 1.82) is 0 Å². The van der Waals surface area contributed by atoms with Crippen LogP contribution in [0.1, 0.15) is 31.9 Å². The lowest BCUT2D eigenvalue weighted by Gasteiger charge is -2.11. The minimum absolute atomic E-state index is 0.0726. The maximum atomic E-state index is 6.38. The molecule has 0 fully saturated rings. The molecule has 0 saturated heterocycles. The van der Waals surface area contributed by atoms with Crippen molar-refractivity contribution in [1.82, 2.24) is 10.2 Å². The second-order valence-electron chi connectivity index (χ2n) is 6.49. The van der Waals surface area contributed by atoms with E-state index in [0.29, 0.717) is 10.8 Å². The summed E-state index contributed by atoms with van der Waals surface area (Å²) < 4.78 is 10.8. The highest BCUT2D eigenvalue weighted by atomic mass is 35.5. The Morgan fingerprint density at radius 3 is 2.61 bits per heavy atom. The van der Waals surface area contributed by atoms with Gasteiger partial charge in [-0.25, -0.2) is 0 Å². The van der Waals surface area contributed by atoms with Crippen LogP contribution in [0.4, 0.5) is 0 Å². The third-order valence-corrected chi connectivity index (χ3v) is 5.45. The van der Waals surface area contributed by atoms with Crippen LogP contribution in [-0.2, 0) is 11.2 Å². The molecule has 0 aliphatic heterocycles. The van der Waals surface area contributed by atoms with Crippen LogP contribution in [0.2, 0.25) is 5.02 Å². The Morgan fingerprint density at radius 1 is 1.14 bits per heavy atom. The first-order chi connectivity index (χ1) is 13.5. The minimum Gasteiger partial charge on any atom is -0.504 e. The summed E-state index contributed by atoms with van der Waals surface area (Å²) in [6.45, 7) is 6.09. The van der Waals surface area contributed by atoms with Gasteiger partial charge in [0.1, 0.15) is 15.8 Å². The van der Waals surface area contributed by atoms with Gasteiger partial charge < -0.3 is 9.47 Å². The monoisotopic (exact) mass is 414 g/mol. The molecule has 0 radical (unpaired) electrons. The molecule has 0 unspecified atom stereocenters. The first-order valence-corrected chi connectivity index (χ1v) is 10.3. The standard InChI is InChI=1S/C22H23ClN2O2S/c1-5-17-15(11-12-26-4)7-6-8-18(17)22-25-24-21(28-22)16-9-10-20(19(23)13-16)27-14(2)3/h6-14H,5H2,1-4H3/b12-11+. The SMILES string of the molecule is CCc1c(/C=C/OC)cccc1-c1nnc(-c2ccc(OC(C)C)c(Cl)c2)s1. The van der Waals surface area contributed by atoms with Crippen molar-refractivity contribution in [2.45, 2.75) is 33.3 Å².